The molecule has 86 valence electrons. The molecule has 3 unspecified atom stereocenters. The Bertz CT molecular complexity index is 263. The number of ketones is 1. The van der Waals surface area contributed by atoms with E-state index in [0.717, 1.165) is 0 Å². The lowest BCUT2D eigenvalue weighted by Crippen LogP contribution is -2.48. The van der Waals surface area contributed by atoms with Crippen molar-refractivity contribution in [1.29, 1.82) is 0 Å². The fourth-order valence-electron chi connectivity index (χ4n) is 1.49. The summed E-state index contributed by atoms with van der Waals surface area (Å²) in [5, 5.41) is 8.89. The average molecular weight is 226 g/mol. The first-order chi connectivity index (χ1) is 6.86. The Morgan fingerprint density at radius 2 is 2.00 bits per heavy atom. The number of hydrogen-bond acceptors (Lipinski definition) is 4. The highest BCUT2D eigenvalue weighted by atomic mass is 19.4. The Hall–Kier alpha value is -0.950. The maximum atomic E-state index is 12.4. The van der Waals surface area contributed by atoms with Crippen LogP contribution in [-0.2, 0) is 14.3 Å². The normalized spacial score (nSPS) is 32.4. The molecule has 0 spiro atoms. The summed E-state index contributed by atoms with van der Waals surface area (Å²) in [6.45, 7) is 0. The molecule has 0 aromatic rings. The fourth-order valence-corrected chi connectivity index (χ4v) is 1.49. The van der Waals surface area contributed by atoms with Gasteiger partial charge in [-0.1, -0.05) is 0 Å². The van der Waals surface area contributed by atoms with Crippen LogP contribution in [0.1, 0.15) is 12.8 Å². The van der Waals surface area contributed by atoms with Crippen LogP contribution in [0.4, 0.5) is 13.2 Å². The second-order valence-electron chi connectivity index (χ2n) is 3.26. The van der Waals surface area contributed by atoms with Crippen molar-refractivity contribution in [2.24, 2.45) is 5.92 Å². The van der Waals surface area contributed by atoms with Crippen LogP contribution in [0.25, 0.3) is 0 Å². The minimum absolute atomic E-state index is 0.0865. The van der Waals surface area contributed by atoms with E-state index in [1.54, 1.807) is 0 Å². The molecule has 3 atom stereocenters. The molecule has 0 aromatic carbocycles. The van der Waals surface area contributed by atoms with Gasteiger partial charge in [-0.2, -0.15) is 13.2 Å². The van der Waals surface area contributed by atoms with Crippen molar-refractivity contribution in [2.75, 3.05) is 0 Å². The molecule has 1 aliphatic heterocycles. The largest absolute Gasteiger partial charge is 0.415 e. The van der Waals surface area contributed by atoms with Crippen LogP contribution in [-0.4, -0.2) is 35.7 Å². The molecule has 1 heterocycles. The van der Waals surface area contributed by atoms with Crippen LogP contribution >= 0.6 is 0 Å². The number of Topliss-reactive ketones (excluding diaryl/α,β-unsaturated/α-hetero) is 1. The smallest absolute Gasteiger partial charge is 0.368 e. The number of halogens is 3. The van der Waals surface area contributed by atoms with E-state index in [-0.39, 0.29) is 19.1 Å². The first-order valence-corrected chi connectivity index (χ1v) is 4.25. The van der Waals surface area contributed by atoms with E-state index in [9.17, 15) is 22.8 Å². The Labute approximate surface area is 83.0 Å². The summed E-state index contributed by atoms with van der Waals surface area (Å²) < 4.78 is 41.3. The maximum absolute atomic E-state index is 12.4. The van der Waals surface area contributed by atoms with Crippen LogP contribution in [0, 0.1) is 5.92 Å². The molecule has 1 fully saturated rings. The van der Waals surface area contributed by atoms with E-state index >= 15 is 0 Å². The Balaban J connectivity index is 2.84. The lowest BCUT2D eigenvalue weighted by molar-refractivity contribution is -0.289. The van der Waals surface area contributed by atoms with Gasteiger partial charge in [0.1, 0.15) is 0 Å². The molecule has 1 rings (SSSR count). The number of aliphatic hydroxyl groups excluding tert-OH is 1. The second-order valence-corrected chi connectivity index (χ2v) is 3.26. The van der Waals surface area contributed by atoms with Gasteiger partial charge in [-0.05, 0) is 12.8 Å². The summed E-state index contributed by atoms with van der Waals surface area (Å²) in [4.78, 5) is 21.0. The molecule has 4 nitrogen and oxygen atoms in total. The van der Waals surface area contributed by atoms with Gasteiger partial charge in [0.25, 0.3) is 0 Å². The van der Waals surface area contributed by atoms with Crippen molar-refractivity contribution in [3.8, 4) is 0 Å². The van der Waals surface area contributed by atoms with E-state index in [2.05, 4.69) is 4.74 Å². The molecule has 15 heavy (non-hydrogen) atoms. The SMILES string of the molecule is O=CC(=O)C1CCC(O)OC1C(F)(F)F. The van der Waals surface area contributed by atoms with Gasteiger partial charge in [-0.3, -0.25) is 9.59 Å². The van der Waals surface area contributed by atoms with Crippen molar-refractivity contribution < 1.29 is 32.6 Å². The van der Waals surface area contributed by atoms with Crippen LogP contribution in [0.3, 0.4) is 0 Å². The predicted molar refractivity (Wildman–Crippen MR) is 40.7 cm³/mol. The highest BCUT2D eigenvalue weighted by Crippen LogP contribution is 2.35. The summed E-state index contributed by atoms with van der Waals surface area (Å²) in [7, 11) is 0. The standard InChI is InChI=1S/C8H9F3O4/c9-8(10,11)7-4(5(13)3-12)1-2-6(14)15-7/h3-4,6-7,14H,1-2H2. The van der Waals surface area contributed by atoms with E-state index < -0.39 is 30.3 Å². The first kappa shape index (κ1) is 12.1. The van der Waals surface area contributed by atoms with Crippen molar-refractivity contribution in [3.05, 3.63) is 0 Å². The number of carbonyl (C=O) groups is 2. The zero-order valence-corrected chi connectivity index (χ0v) is 7.53. The monoisotopic (exact) mass is 226 g/mol. The number of alkyl halides is 3. The molecule has 1 aliphatic rings. The van der Waals surface area contributed by atoms with Crippen LogP contribution in [0.5, 0.6) is 0 Å². The van der Waals surface area contributed by atoms with Crippen molar-refractivity contribution in [1.82, 2.24) is 0 Å². The molecule has 0 aromatic heterocycles. The predicted octanol–water partition coefficient (Wildman–Crippen LogP) is 0.430. The van der Waals surface area contributed by atoms with Gasteiger partial charge in [0.15, 0.2) is 18.7 Å². The van der Waals surface area contributed by atoms with E-state index in [1.807, 2.05) is 0 Å². The fraction of sp³-hybridized carbons (Fsp3) is 0.750. The van der Waals surface area contributed by atoms with Crippen LogP contribution in [0.2, 0.25) is 0 Å². The highest BCUT2D eigenvalue weighted by molar-refractivity contribution is 6.26. The molecular weight excluding hydrogens is 217 g/mol. The Kier molecular flexibility index (Phi) is 3.46. The lowest BCUT2D eigenvalue weighted by atomic mass is 9.90. The number of aldehydes is 1. The summed E-state index contributed by atoms with van der Waals surface area (Å²) in [5.41, 5.74) is 0. The molecule has 0 bridgehead atoms. The summed E-state index contributed by atoms with van der Waals surface area (Å²) in [6, 6.07) is 0. The Morgan fingerprint density at radius 1 is 1.40 bits per heavy atom. The minimum Gasteiger partial charge on any atom is -0.368 e. The highest BCUT2D eigenvalue weighted by Gasteiger charge is 2.51. The summed E-state index contributed by atoms with van der Waals surface area (Å²) in [5.74, 6) is -2.69. The van der Waals surface area contributed by atoms with E-state index in [1.165, 1.54) is 0 Å². The lowest BCUT2D eigenvalue weighted by Gasteiger charge is -2.33. The van der Waals surface area contributed by atoms with Gasteiger partial charge in [-0.15, -0.1) is 0 Å². The molecular formula is C8H9F3O4. The quantitative estimate of drug-likeness (QED) is 0.547. The van der Waals surface area contributed by atoms with Gasteiger partial charge in [0.05, 0.1) is 5.92 Å². The average Bonchev–Trinajstić information content (AvgIpc) is 2.15. The zero-order chi connectivity index (χ0) is 11.6. The molecule has 0 saturated carbocycles. The third-order valence-corrected chi connectivity index (χ3v) is 2.20. The van der Waals surface area contributed by atoms with Crippen molar-refractivity contribution in [3.63, 3.8) is 0 Å². The van der Waals surface area contributed by atoms with Crippen LogP contribution < -0.4 is 0 Å². The second kappa shape index (κ2) is 4.28. The number of rotatable bonds is 2. The van der Waals surface area contributed by atoms with Gasteiger partial charge < -0.3 is 9.84 Å². The third kappa shape index (κ3) is 2.75. The van der Waals surface area contributed by atoms with Crippen molar-refractivity contribution >= 4 is 12.1 Å². The van der Waals surface area contributed by atoms with Gasteiger partial charge >= 0.3 is 6.18 Å². The minimum atomic E-state index is -4.76. The summed E-state index contributed by atoms with van der Waals surface area (Å²) >= 11 is 0. The van der Waals surface area contributed by atoms with Crippen molar-refractivity contribution in [2.45, 2.75) is 31.4 Å². The molecule has 1 saturated heterocycles. The zero-order valence-electron chi connectivity index (χ0n) is 7.53. The molecule has 0 radical (unpaired) electrons. The third-order valence-electron chi connectivity index (χ3n) is 2.20. The molecule has 0 amide bonds. The van der Waals surface area contributed by atoms with Gasteiger partial charge in [-0.25, -0.2) is 0 Å². The number of aliphatic hydroxyl groups is 1. The van der Waals surface area contributed by atoms with Crippen LogP contribution in [0.15, 0.2) is 0 Å². The topological polar surface area (TPSA) is 63.6 Å². The maximum Gasteiger partial charge on any atom is 0.415 e. The Morgan fingerprint density at radius 3 is 2.47 bits per heavy atom. The molecule has 0 aliphatic carbocycles. The summed E-state index contributed by atoms with van der Waals surface area (Å²) in [6.07, 6.45) is -9.12. The number of hydrogen-bond donors (Lipinski definition) is 1. The van der Waals surface area contributed by atoms with Gasteiger partial charge in [0.2, 0.25) is 5.78 Å². The molecule has 1 N–H and O–H groups in total. The number of ether oxygens (including phenoxy) is 1. The first-order valence-electron chi connectivity index (χ1n) is 4.25. The van der Waals surface area contributed by atoms with E-state index in [4.69, 9.17) is 5.11 Å². The van der Waals surface area contributed by atoms with E-state index in [0.29, 0.717) is 0 Å². The number of carbonyl (C=O) groups excluding carboxylic acids is 2. The van der Waals surface area contributed by atoms with Gasteiger partial charge in [0, 0.05) is 0 Å². The molecule has 7 heteroatoms.